The van der Waals surface area contributed by atoms with Crippen molar-refractivity contribution < 1.29 is 37.4 Å². The Morgan fingerprint density at radius 3 is 2.30 bits per heavy atom. The number of carbonyl (C=O) groups is 3. The summed E-state index contributed by atoms with van der Waals surface area (Å²) in [6, 6.07) is 7.40. The van der Waals surface area contributed by atoms with Gasteiger partial charge in [-0.1, -0.05) is 30.3 Å². The molecule has 1 rings (SSSR count). The molecule has 3 N–H and O–H groups in total. The maximum atomic E-state index is 12.2. The first-order chi connectivity index (χ1) is 13.9. The molecule has 168 valence electrons. The van der Waals surface area contributed by atoms with Gasteiger partial charge in [0.1, 0.15) is 18.2 Å². The summed E-state index contributed by atoms with van der Waals surface area (Å²) in [5.74, 6) is -2.65. The molecule has 30 heavy (non-hydrogen) atoms. The predicted octanol–water partition coefficient (Wildman–Crippen LogP) is 1.70. The molecular weight excluding hydrogens is 416 g/mol. The van der Waals surface area contributed by atoms with Gasteiger partial charge < -0.3 is 25.2 Å². The molecule has 11 heteroatoms. The van der Waals surface area contributed by atoms with Crippen molar-refractivity contribution in [2.24, 2.45) is 0 Å². The molecule has 0 saturated heterocycles. The molecule has 0 aliphatic carbocycles. The molecule has 0 aromatic heterocycles. The number of carbonyl (C=O) groups excluding carboxylic acids is 2. The SMILES string of the molecule is CC(C)(C)OC(=O)N[C@@H](CS(=O)(=O)CCCNC(=O)OCc1ccccc1)C(=O)O. The normalized spacial score (nSPS) is 12.5. The Morgan fingerprint density at radius 2 is 1.73 bits per heavy atom. The third-order valence-electron chi connectivity index (χ3n) is 3.52. The van der Waals surface area contributed by atoms with Crippen LogP contribution in [0.1, 0.15) is 32.8 Å². The van der Waals surface area contributed by atoms with E-state index in [-0.39, 0.29) is 25.3 Å². The Balaban J connectivity index is 2.39. The van der Waals surface area contributed by atoms with E-state index in [2.05, 4.69) is 5.32 Å². The third kappa shape index (κ3) is 11.2. The molecule has 2 amide bonds. The number of carboxylic acids is 1. The van der Waals surface area contributed by atoms with Crippen LogP contribution < -0.4 is 10.6 Å². The second-order valence-corrected chi connectivity index (χ2v) is 9.72. The van der Waals surface area contributed by atoms with Crippen LogP contribution in [0, 0.1) is 0 Å². The van der Waals surface area contributed by atoms with E-state index in [1.807, 2.05) is 23.5 Å². The fourth-order valence-electron chi connectivity index (χ4n) is 2.22. The van der Waals surface area contributed by atoms with E-state index in [0.717, 1.165) is 5.56 Å². The highest BCUT2D eigenvalue weighted by molar-refractivity contribution is 7.91. The molecule has 0 unspecified atom stereocenters. The zero-order chi connectivity index (χ0) is 22.8. The molecule has 0 aliphatic rings. The van der Waals surface area contributed by atoms with Gasteiger partial charge in [-0.2, -0.15) is 0 Å². The first-order valence-corrected chi connectivity index (χ1v) is 11.1. The lowest BCUT2D eigenvalue weighted by Crippen LogP contribution is -2.47. The van der Waals surface area contributed by atoms with Crippen LogP contribution in [-0.4, -0.2) is 61.4 Å². The number of carboxylic acid groups (broad SMARTS) is 1. The Bertz CT molecular complexity index is 819. The highest BCUT2D eigenvalue weighted by Gasteiger charge is 2.28. The van der Waals surface area contributed by atoms with E-state index in [9.17, 15) is 27.9 Å². The lowest BCUT2D eigenvalue weighted by atomic mass is 10.2. The van der Waals surface area contributed by atoms with Crippen LogP contribution in [0.4, 0.5) is 9.59 Å². The second-order valence-electron chi connectivity index (χ2n) is 7.49. The van der Waals surface area contributed by atoms with Gasteiger partial charge in [0, 0.05) is 6.54 Å². The number of benzene rings is 1. The molecule has 10 nitrogen and oxygen atoms in total. The van der Waals surface area contributed by atoms with E-state index in [1.54, 1.807) is 32.9 Å². The Kier molecular flexibility index (Phi) is 9.57. The van der Waals surface area contributed by atoms with E-state index >= 15 is 0 Å². The summed E-state index contributed by atoms with van der Waals surface area (Å²) in [6.07, 6.45) is -1.65. The molecule has 1 aromatic carbocycles. The maximum Gasteiger partial charge on any atom is 0.408 e. The molecule has 0 heterocycles. The van der Waals surface area contributed by atoms with E-state index in [0.29, 0.717) is 0 Å². The quantitative estimate of drug-likeness (QED) is 0.462. The van der Waals surface area contributed by atoms with Crippen LogP contribution in [0.25, 0.3) is 0 Å². The van der Waals surface area contributed by atoms with Gasteiger partial charge in [-0.05, 0) is 32.8 Å². The minimum atomic E-state index is -3.81. The number of alkyl carbamates (subject to hydrolysis) is 2. The third-order valence-corrected chi connectivity index (χ3v) is 5.28. The van der Waals surface area contributed by atoms with Crippen LogP contribution >= 0.6 is 0 Å². The summed E-state index contributed by atoms with van der Waals surface area (Å²) in [6.45, 7) is 4.90. The number of nitrogens with one attached hydrogen (secondary N) is 2. The topological polar surface area (TPSA) is 148 Å². The van der Waals surface area contributed by atoms with Crippen molar-refractivity contribution in [3.05, 3.63) is 35.9 Å². The van der Waals surface area contributed by atoms with Crippen molar-refractivity contribution in [2.45, 2.75) is 45.4 Å². The van der Waals surface area contributed by atoms with Crippen molar-refractivity contribution in [3.63, 3.8) is 0 Å². The van der Waals surface area contributed by atoms with Crippen LogP contribution in [0.15, 0.2) is 30.3 Å². The number of hydrogen-bond donors (Lipinski definition) is 3. The number of rotatable bonds is 10. The number of sulfone groups is 1. The van der Waals surface area contributed by atoms with Crippen molar-refractivity contribution in [1.29, 1.82) is 0 Å². The summed E-state index contributed by atoms with van der Waals surface area (Å²) in [5.41, 5.74) is -0.0419. The van der Waals surface area contributed by atoms with E-state index in [4.69, 9.17) is 9.47 Å². The maximum absolute atomic E-state index is 12.2. The van der Waals surface area contributed by atoms with Crippen LogP contribution in [-0.2, 0) is 30.7 Å². The summed E-state index contributed by atoms with van der Waals surface area (Å²) in [5, 5.41) is 13.6. The Morgan fingerprint density at radius 1 is 1.10 bits per heavy atom. The van der Waals surface area contributed by atoms with Gasteiger partial charge in [-0.25, -0.2) is 22.8 Å². The highest BCUT2D eigenvalue weighted by atomic mass is 32.2. The van der Waals surface area contributed by atoms with Gasteiger partial charge in [0.15, 0.2) is 9.84 Å². The molecule has 0 radical (unpaired) electrons. The zero-order valence-corrected chi connectivity index (χ0v) is 18.0. The Hall–Kier alpha value is -2.82. The van der Waals surface area contributed by atoms with Gasteiger partial charge in [-0.3, -0.25) is 0 Å². The fraction of sp³-hybridized carbons (Fsp3) is 0.526. The van der Waals surface area contributed by atoms with Crippen molar-refractivity contribution in [2.75, 3.05) is 18.1 Å². The van der Waals surface area contributed by atoms with Crippen LogP contribution in [0.5, 0.6) is 0 Å². The van der Waals surface area contributed by atoms with Crippen LogP contribution in [0.3, 0.4) is 0 Å². The molecule has 0 spiro atoms. The Labute approximate surface area is 175 Å². The molecular formula is C19H28N2O8S. The van der Waals surface area contributed by atoms with E-state index < -0.39 is 45.4 Å². The molecule has 0 saturated carbocycles. The smallest absolute Gasteiger partial charge is 0.408 e. The zero-order valence-electron chi connectivity index (χ0n) is 17.2. The second kappa shape index (κ2) is 11.4. The number of ether oxygens (including phenoxy) is 2. The summed E-state index contributed by atoms with van der Waals surface area (Å²) in [7, 11) is -3.81. The number of hydrogen-bond acceptors (Lipinski definition) is 7. The lowest BCUT2D eigenvalue weighted by Gasteiger charge is -2.22. The van der Waals surface area contributed by atoms with Crippen molar-refractivity contribution >= 4 is 28.0 Å². The fourth-order valence-corrected chi connectivity index (χ4v) is 3.70. The van der Waals surface area contributed by atoms with E-state index in [1.165, 1.54) is 0 Å². The van der Waals surface area contributed by atoms with Gasteiger partial charge in [0.2, 0.25) is 0 Å². The average Bonchev–Trinajstić information content (AvgIpc) is 2.62. The first-order valence-electron chi connectivity index (χ1n) is 9.25. The molecule has 1 aromatic rings. The average molecular weight is 445 g/mol. The van der Waals surface area contributed by atoms with Gasteiger partial charge >= 0.3 is 18.2 Å². The summed E-state index contributed by atoms with van der Waals surface area (Å²) in [4.78, 5) is 34.6. The highest BCUT2D eigenvalue weighted by Crippen LogP contribution is 2.07. The van der Waals surface area contributed by atoms with Crippen LogP contribution in [0.2, 0.25) is 0 Å². The van der Waals surface area contributed by atoms with Gasteiger partial charge in [0.05, 0.1) is 11.5 Å². The number of amides is 2. The standard InChI is InChI=1S/C19H28N2O8S/c1-19(2,3)29-18(25)21-15(16(22)23)13-30(26,27)11-7-10-20-17(24)28-12-14-8-5-4-6-9-14/h4-6,8-9,15H,7,10-13H2,1-3H3,(H,20,24)(H,21,25)(H,22,23)/t15-/m0/s1. The van der Waals surface area contributed by atoms with Gasteiger partial charge in [-0.15, -0.1) is 0 Å². The van der Waals surface area contributed by atoms with Crippen molar-refractivity contribution in [1.82, 2.24) is 10.6 Å². The van der Waals surface area contributed by atoms with Crippen molar-refractivity contribution in [3.8, 4) is 0 Å². The largest absolute Gasteiger partial charge is 0.480 e. The minimum Gasteiger partial charge on any atom is -0.480 e. The molecule has 0 bridgehead atoms. The predicted molar refractivity (Wildman–Crippen MR) is 109 cm³/mol. The lowest BCUT2D eigenvalue weighted by molar-refractivity contribution is -0.138. The molecule has 1 atom stereocenters. The molecule has 0 fully saturated rings. The monoisotopic (exact) mass is 444 g/mol. The minimum absolute atomic E-state index is 0.0318. The first kappa shape index (κ1) is 25.2. The van der Waals surface area contributed by atoms with Gasteiger partial charge in [0.25, 0.3) is 0 Å². The molecule has 0 aliphatic heterocycles. The number of aliphatic carboxylic acids is 1. The summed E-state index contributed by atoms with van der Waals surface area (Å²) < 4.78 is 34.3. The summed E-state index contributed by atoms with van der Waals surface area (Å²) >= 11 is 0.